The normalized spacial score (nSPS) is 14.8. The van der Waals surface area contributed by atoms with Gasteiger partial charge in [-0.1, -0.05) is 23.7 Å². The molecule has 2 aromatic rings. The molecule has 6 heteroatoms. The smallest absolute Gasteiger partial charge is 0.224 e. The molecule has 1 N–H and O–H groups in total. The molecule has 1 aliphatic rings. The molecular weight excluding hydrogens is 312 g/mol. The Morgan fingerprint density at radius 1 is 1.17 bits per heavy atom. The second kappa shape index (κ2) is 7.62. The molecule has 0 radical (unpaired) electrons. The van der Waals surface area contributed by atoms with Gasteiger partial charge < -0.3 is 15.0 Å². The van der Waals surface area contributed by atoms with E-state index in [-0.39, 0.29) is 0 Å². The number of aryl methyl sites for hydroxylation is 1. The van der Waals surface area contributed by atoms with E-state index < -0.39 is 0 Å². The number of ether oxygens (including phenoxy) is 1. The molecule has 0 amide bonds. The van der Waals surface area contributed by atoms with Crippen molar-refractivity contribution in [2.24, 2.45) is 0 Å². The number of aromatic nitrogens is 2. The molecule has 1 fully saturated rings. The van der Waals surface area contributed by atoms with Crippen LogP contribution in [0.15, 0.2) is 30.3 Å². The van der Waals surface area contributed by atoms with Crippen LogP contribution < -0.4 is 10.2 Å². The third kappa shape index (κ3) is 4.56. The Morgan fingerprint density at radius 2 is 1.91 bits per heavy atom. The average molecular weight is 333 g/mol. The summed E-state index contributed by atoms with van der Waals surface area (Å²) in [5.41, 5.74) is 2.21. The van der Waals surface area contributed by atoms with Crippen molar-refractivity contribution >= 4 is 23.4 Å². The van der Waals surface area contributed by atoms with Crippen molar-refractivity contribution < 1.29 is 4.74 Å². The zero-order valence-corrected chi connectivity index (χ0v) is 14.0. The van der Waals surface area contributed by atoms with Crippen LogP contribution in [0.25, 0.3) is 0 Å². The van der Waals surface area contributed by atoms with E-state index in [1.165, 1.54) is 5.56 Å². The van der Waals surface area contributed by atoms with Crippen LogP contribution in [0.5, 0.6) is 0 Å². The Bertz CT molecular complexity index is 642. The third-order valence-electron chi connectivity index (χ3n) is 3.79. The molecule has 0 saturated carbocycles. The van der Waals surface area contributed by atoms with Crippen LogP contribution in [-0.4, -0.2) is 42.8 Å². The summed E-state index contributed by atoms with van der Waals surface area (Å²) in [5, 5.41) is 4.08. The lowest BCUT2D eigenvalue weighted by molar-refractivity contribution is 0.122. The number of benzene rings is 1. The Morgan fingerprint density at radius 3 is 2.65 bits per heavy atom. The minimum atomic E-state index is 0.681. The summed E-state index contributed by atoms with van der Waals surface area (Å²) < 4.78 is 5.39. The standard InChI is InChI=1S/C17H21ClN4O/c1-13-12-16(22-8-10-23-11-9-22)21-17(20-13)19-7-6-14-2-4-15(18)5-3-14/h2-5,12H,6-11H2,1H3,(H,19,20,21). The van der Waals surface area contributed by atoms with Gasteiger partial charge in [-0.25, -0.2) is 4.98 Å². The first-order valence-electron chi connectivity index (χ1n) is 7.87. The average Bonchev–Trinajstić information content (AvgIpc) is 2.57. The van der Waals surface area contributed by atoms with E-state index in [1.54, 1.807) is 0 Å². The van der Waals surface area contributed by atoms with Crippen molar-refractivity contribution in [3.63, 3.8) is 0 Å². The van der Waals surface area contributed by atoms with E-state index in [1.807, 2.05) is 37.3 Å². The molecule has 0 aliphatic carbocycles. The zero-order valence-electron chi connectivity index (χ0n) is 13.3. The van der Waals surface area contributed by atoms with Gasteiger partial charge in [-0.2, -0.15) is 4.98 Å². The summed E-state index contributed by atoms with van der Waals surface area (Å²) in [6.45, 7) is 6.04. The maximum absolute atomic E-state index is 5.90. The predicted molar refractivity (Wildman–Crippen MR) is 93.4 cm³/mol. The SMILES string of the molecule is Cc1cc(N2CCOCC2)nc(NCCc2ccc(Cl)cc2)n1. The van der Waals surface area contributed by atoms with Crippen molar-refractivity contribution in [1.82, 2.24) is 9.97 Å². The number of halogens is 1. The molecule has 0 unspecified atom stereocenters. The fraction of sp³-hybridized carbons (Fsp3) is 0.412. The van der Waals surface area contributed by atoms with Gasteiger partial charge in [0.05, 0.1) is 13.2 Å². The van der Waals surface area contributed by atoms with Crippen LogP contribution in [-0.2, 0) is 11.2 Å². The number of hydrogen-bond acceptors (Lipinski definition) is 5. The van der Waals surface area contributed by atoms with Gasteiger partial charge >= 0.3 is 0 Å². The van der Waals surface area contributed by atoms with Gasteiger partial charge in [-0.3, -0.25) is 0 Å². The topological polar surface area (TPSA) is 50.3 Å². The molecule has 1 aromatic heterocycles. The highest BCUT2D eigenvalue weighted by Gasteiger charge is 2.14. The molecular formula is C17H21ClN4O. The largest absolute Gasteiger partial charge is 0.378 e. The summed E-state index contributed by atoms with van der Waals surface area (Å²) in [6, 6.07) is 9.93. The van der Waals surface area contributed by atoms with E-state index in [0.29, 0.717) is 5.95 Å². The fourth-order valence-corrected chi connectivity index (χ4v) is 2.68. The number of anilines is 2. The molecule has 0 spiro atoms. The van der Waals surface area contributed by atoms with Crippen LogP contribution in [0.1, 0.15) is 11.3 Å². The van der Waals surface area contributed by atoms with Crippen molar-refractivity contribution in [1.29, 1.82) is 0 Å². The number of morpholine rings is 1. The fourth-order valence-electron chi connectivity index (χ4n) is 2.56. The quantitative estimate of drug-likeness (QED) is 0.912. The summed E-state index contributed by atoms with van der Waals surface area (Å²) in [4.78, 5) is 11.3. The highest BCUT2D eigenvalue weighted by molar-refractivity contribution is 6.30. The van der Waals surface area contributed by atoms with E-state index >= 15 is 0 Å². The van der Waals surface area contributed by atoms with Gasteiger partial charge in [0, 0.05) is 36.4 Å². The van der Waals surface area contributed by atoms with Crippen molar-refractivity contribution in [3.8, 4) is 0 Å². The van der Waals surface area contributed by atoms with Gasteiger partial charge in [0.15, 0.2) is 0 Å². The van der Waals surface area contributed by atoms with Crippen molar-refractivity contribution in [3.05, 3.63) is 46.6 Å². The number of nitrogens with one attached hydrogen (secondary N) is 1. The Kier molecular flexibility index (Phi) is 5.31. The van der Waals surface area contributed by atoms with E-state index in [2.05, 4.69) is 20.2 Å². The van der Waals surface area contributed by atoms with Crippen LogP contribution in [0, 0.1) is 6.92 Å². The lowest BCUT2D eigenvalue weighted by atomic mass is 10.1. The Labute approximate surface area is 141 Å². The lowest BCUT2D eigenvalue weighted by Gasteiger charge is -2.28. The van der Waals surface area contributed by atoms with Crippen molar-refractivity contribution in [2.75, 3.05) is 43.1 Å². The van der Waals surface area contributed by atoms with Gasteiger partial charge in [0.2, 0.25) is 5.95 Å². The van der Waals surface area contributed by atoms with E-state index in [4.69, 9.17) is 16.3 Å². The van der Waals surface area contributed by atoms with Crippen LogP contribution in [0.4, 0.5) is 11.8 Å². The lowest BCUT2D eigenvalue weighted by Crippen LogP contribution is -2.37. The van der Waals surface area contributed by atoms with Crippen LogP contribution in [0.3, 0.4) is 0 Å². The van der Waals surface area contributed by atoms with E-state index in [9.17, 15) is 0 Å². The van der Waals surface area contributed by atoms with Gasteiger partial charge in [0.1, 0.15) is 5.82 Å². The van der Waals surface area contributed by atoms with Crippen LogP contribution in [0.2, 0.25) is 5.02 Å². The molecule has 5 nitrogen and oxygen atoms in total. The summed E-state index contributed by atoms with van der Waals surface area (Å²) >= 11 is 5.90. The molecule has 3 rings (SSSR count). The minimum Gasteiger partial charge on any atom is -0.378 e. The highest BCUT2D eigenvalue weighted by Crippen LogP contribution is 2.16. The zero-order chi connectivity index (χ0) is 16.1. The number of nitrogens with zero attached hydrogens (tertiary/aromatic N) is 3. The Hall–Kier alpha value is -1.85. The van der Waals surface area contributed by atoms with Crippen molar-refractivity contribution in [2.45, 2.75) is 13.3 Å². The first kappa shape index (κ1) is 16.0. The molecule has 0 atom stereocenters. The maximum Gasteiger partial charge on any atom is 0.224 e. The summed E-state index contributed by atoms with van der Waals surface area (Å²) in [6.07, 6.45) is 0.904. The second-order valence-electron chi connectivity index (χ2n) is 5.59. The van der Waals surface area contributed by atoms with Gasteiger partial charge in [-0.05, 0) is 31.0 Å². The predicted octanol–water partition coefficient (Wildman–Crippen LogP) is 2.93. The Balaban J connectivity index is 1.60. The third-order valence-corrected chi connectivity index (χ3v) is 4.04. The molecule has 0 bridgehead atoms. The van der Waals surface area contributed by atoms with Gasteiger partial charge in [0.25, 0.3) is 0 Å². The van der Waals surface area contributed by atoms with E-state index in [0.717, 1.165) is 55.8 Å². The maximum atomic E-state index is 5.90. The summed E-state index contributed by atoms with van der Waals surface area (Å²) in [5.74, 6) is 1.65. The highest BCUT2D eigenvalue weighted by atomic mass is 35.5. The van der Waals surface area contributed by atoms with Crippen LogP contribution >= 0.6 is 11.6 Å². The number of rotatable bonds is 5. The molecule has 23 heavy (non-hydrogen) atoms. The molecule has 1 aliphatic heterocycles. The first-order chi connectivity index (χ1) is 11.2. The molecule has 1 aromatic carbocycles. The summed E-state index contributed by atoms with van der Waals surface area (Å²) in [7, 11) is 0. The minimum absolute atomic E-state index is 0.681. The molecule has 2 heterocycles. The molecule has 1 saturated heterocycles. The monoisotopic (exact) mass is 332 g/mol. The second-order valence-corrected chi connectivity index (χ2v) is 6.03. The first-order valence-corrected chi connectivity index (χ1v) is 8.25. The molecule has 122 valence electrons. The number of hydrogen-bond donors (Lipinski definition) is 1. The van der Waals surface area contributed by atoms with Gasteiger partial charge in [-0.15, -0.1) is 0 Å².